The number of nitrogens with zero attached hydrogens (tertiary/aromatic N) is 2. The quantitative estimate of drug-likeness (QED) is 0.921. The van der Waals surface area contributed by atoms with Gasteiger partial charge in [-0.05, 0) is 62.9 Å². The van der Waals surface area contributed by atoms with Crippen LogP contribution in [0.3, 0.4) is 0 Å². The predicted octanol–water partition coefficient (Wildman–Crippen LogP) is 3.30. The zero-order valence-electron chi connectivity index (χ0n) is 12.8. The molecule has 0 amide bonds. The molecule has 2 aliphatic rings. The fourth-order valence-electron chi connectivity index (χ4n) is 3.52. The highest BCUT2D eigenvalue weighted by molar-refractivity contribution is 4.99. The van der Waals surface area contributed by atoms with E-state index in [1.807, 2.05) is 0 Å². The molecule has 1 aromatic rings. The van der Waals surface area contributed by atoms with Crippen molar-refractivity contribution in [1.29, 1.82) is 0 Å². The highest BCUT2D eigenvalue weighted by Gasteiger charge is 2.30. The molecule has 1 aromatic heterocycles. The van der Waals surface area contributed by atoms with Crippen LogP contribution in [0, 0.1) is 11.3 Å². The summed E-state index contributed by atoms with van der Waals surface area (Å²) in [6.07, 6.45) is 8.44. The Kier molecular flexibility index (Phi) is 4.11. The lowest BCUT2D eigenvalue weighted by atomic mass is 9.73. The number of hydrogen-bond donors (Lipinski definition) is 1. The molecular weight excluding hydrogens is 250 g/mol. The standard InChI is InChI=1S/C16H27N3O/c1-16(2)7-5-13(6-8-16)15-18-14(20-19-15)10-12-4-3-9-17-11-12/h12-13,17H,3-11H2,1-2H3. The molecule has 1 aliphatic heterocycles. The summed E-state index contributed by atoms with van der Waals surface area (Å²) in [5.74, 6) is 2.99. The maximum atomic E-state index is 5.48. The largest absolute Gasteiger partial charge is 0.339 e. The van der Waals surface area contributed by atoms with Crippen molar-refractivity contribution >= 4 is 0 Å². The Bertz CT molecular complexity index is 425. The van der Waals surface area contributed by atoms with Crippen molar-refractivity contribution in [3.63, 3.8) is 0 Å². The number of nitrogens with one attached hydrogen (secondary N) is 1. The summed E-state index contributed by atoms with van der Waals surface area (Å²) in [6, 6.07) is 0. The molecule has 0 spiro atoms. The van der Waals surface area contributed by atoms with Gasteiger partial charge in [0, 0.05) is 12.3 Å². The summed E-state index contributed by atoms with van der Waals surface area (Å²) in [4.78, 5) is 4.67. The highest BCUT2D eigenvalue weighted by atomic mass is 16.5. The highest BCUT2D eigenvalue weighted by Crippen LogP contribution is 2.41. The lowest BCUT2D eigenvalue weighted by molar-refractivity contribution is 0.218. The first-order valence-electron chi connectivity index (χ1n) is 8.16. The monoisotopic (exact) mass is 277 g/mol. The van der Waals surface area contributed by atoms with E-state index < -0.39 is 0 Å². The Morgan fingerprint density at radius 2 is 2.05 bits per heavy atom. The van der Waals surface area contributed by atoms with Gasteiger partial charge in [0.15, 0.2) is 5.82 Å². The minimum absolute atomic E-state index is 0.497. The zero-order chi connectivity index (χ0) is 14.0. The van der Waals surface area contributed by atoms with Crippen LogP contribution in [0.25, 0.3) is 0 Å². The van der Waals surface area contributed by atoms with E-state index in [1.165, 1.54) is 38.5 Å². The van der Waals surface area contributed by atoms with Crippen molar-refractivity contribution in [2.75, 3.05) is 13.1 Å². The van der Waals surface area contributed by atoms with Crippen LogP contribution in [0.5, 0.6) is 0 Å². The second-order valence-electron chi connectivity index (χ2n) is 7.40. The lowest BCUT2D eigenvalue weighted by Crippen LogP contribution is -2.30. The molecule has 1 saturated heterocycles. The Morgan fingerprint density at radius 1 is 1.25 bits per heavy atom. The van der Waals surface area contributed by atoms with Crippen molar-refractivity contribution in [2.45, 2.75) is 64.7 Å². The zero-order valence-corrected chi connectivity index (χ0v) is 12.8. The lowest BCUT2D eigenvalue weighted by Gasteiger charge is -2.32. The van der Waals surface area contributed by atoms with Crippen molar-refractivity contribution in [2.24, 2.45) is 11.3 Å². The van der Waals surface area contributed by atoms with Gasteiger partial charge in [-0.3, -0.25) is 0 Å². The van der Waals surface area contributed by atoms with Crippen LogP contribution in [0.15, 0.2) is 4.52 Å². The Labute approximate surface area is 121 Å². The third kappa shape index (κ3) is 3.40. The van der Waals surface area contributed by atoms with Gasteiger partial charge < -0.3 is 9.84 Å². The molecule has 20 heavy (non-hydrogen) atoms. The first kappa shape index (κ1) is 14.1. The van der Waals surface area contributed by atoms with Crippen LogP contribution < -0.4 is 5.32 Å². The SMILES string of the molecule is CC1(C)CCC(c2noc(CC3CCCNC3)n2)CC1. The average molecular weight is 277 g/mol. The molecule has 0 aromatic carbocycles. The van der Waals surface area contributed by atoms with E-state index in [0.29, 0.717) is 17.3 Å². The Balaban J connectivity index is 1.56. The van der Waals surface area contributed by atoms with Crippen LogP contribution in [0.1, 0.15) is 70.0 Å². The van der Waals surface area contributed by atoms with Crippen molar-refractivity contribution in [3.05, 3.63) is 11.7 Å². The van der Waals surface area contributed by atoms with Crippen molar-refractivity contribution < 1.29 is 4.52 Å². The van der Waals surface area contributed by atoms with Gasteiger partial charge in [-0.1, -0.05) is 19.0 Å². The second kappa shape index (κ2) is 5.84. The van der Waals surface area contributed by atoms with E-state index in [1.54, 1.807) is 0 Å². The van der Waals surface area contributed by atoms with Gasteiger partial charge in [0.25, 0.3) is 0 Å². The summed E-state index contributed by atoms with van der Waals surface area (Å²) in [7, 11) is 0. The van der Waals surface area contributed by atoms with Crippen LogP contribution in [0.2, 0.25) is 0 Å². The molecule has 3 rings (SSSR count). The fourth-order valence-corrected chi connectivity index (χ4v) is 3.52. The van der Waals surface area contributed by atoms with Gasteiger partial charge in [-0.2, -0.15) is 4.98 Å². The van der Waals surface area contributed by atoms with Gasteiger partial charge in [0.2, 0.25) is 5.89 Å². The van der Waals surface area contributed by atoms with Crippen LogP contribution in [0.4, 0.5) is 0 Å². The summed E-state index contributed by atoms with van der Waals surface area (Å²) < 4.78 is 5.48. The maximum absolute atomic E-state index is 5.48. The number of piperidine rings is 1. The van der Waals surface area contributed by atoms with E-state index >= 15 is 0 Å². The first-order chi connectivity index (χ1) is 9.62. The summed E-state index contributed by atoms with van der Waals surface area (Å²) in [5, 5.41) is 7.69. The van der Waals surface area contributed by atoms with Gasteiger partial charge in [-0.25, -0.2) is 0 Å². The normalized spacial score (nSPS) is 27.6. The van der Waals surface area contributed by atoms with Crippen molar-refractivity contribution in [1.82, 2.24) is 15.5 Å². The van der Waals surface area contributed by atoms with E-state index in [2.05, 4.69) is 29.3 Å². The minimum atomic E-state index is 0.497. The average Bonchev–Trinajstić information content (AvgIpc) is 2.88. The third-order valence-corrected chi connectivity index (χ3v) is 5.05. The molecule has 1 aliphatic carbocycles. The molecule has 1 saturated carbocycles. The molecule has 1 atom stereocenters. The minimum Gasteiger partial charge on any atom is -0.339 e. The van der Waals surface area contributed by atoms with Gasteiger partial charge in [0.05, 0.1) is 0 Å². The van der Waals surface area contributed by atoms with Gasteiger partial charge in [0.1, 0.15) is 0 Å². The molecule has 0 radical (unpaired) electrons. The molecule has 4 heteroatoms. The molecule has 1 unspecified atom stereocenters. The molecular formula is C16H27N3O. The Hall–Kier alpha value is -0.900. The van der Waals surface area contributed by atoms with E-state index in [-0.39, 0.29) is 0 Å². The van der Waals surface area contributed by atoms with Crippen LogP contribution in [-0.2, 0) is 6.42 Å². The summed E-state index contributed by atoms with van der Waals surface area (Å²) in [6.45, 7) is 6.97. The molecule has 2 heterocycles. The van der Waals surface area contributed by atoms with Gasteiger partial charge in [-0.15, -0.1) is 0 Å². The molecule has 4 nitrogen and oxygen atoms in total. The number of rotatable bonds is 3. The molecule has 112 valence electrons. The molecule has 0 bridgehead atoms. The maximum Gasteiger partial charge on any atom is 0.226 e. The first-order valence-corrected chi connectivity index (χ1v) is 8.16. The summed E-state index contributed by atoms with van der Waals surface area (Å²) >= 11 is 0. The van der Waals surface area contributed by atoms with Crippen LogP contribution in [-0.4, -0.2) is 23.2 Å². The van der Waals surface area contributed by atoms with E-state index in [9.17, 15) is 0 Å². The predicted molar refractivity (Wildman–Crippen MR) is 78.6 cm³/mol. The van der Waals surface area contributed by atoms with Gasteiger partial charge >= 0.3 is 0 Å². The third-order valence-electron chi connectivity index (χ3n) is 5.05. The number of aromatic nitrogens is 2. The van der Waals surface area contributed by atoms with Crippen molar-refractivity contribution in [3.8, 4) is 0 Å². The molecule has 1 N–H and O–H groups in total. The second-order valence-corrected chi connectivity index (χ2v) is 7.40. The van der Waals surface area contributed by atoms with E-state index in [4.69, 9.17) is 4.52 Å². The topological polar surface area (TPSA) is 51.0 Å². The molecule has 2 fully saturated rings. The summed E-state index contributed by atoms with van der Waals surface area (Å²) in [5.41, 5.74) is 0.497. The fraction of sp³-hybridized carbons (Fsp3) is 0.875. The Morgan fingerprint density at radius 3 is 2.75 bits per heavy atom. The smallest absolute Gasteiger partial charge is 0.226 e. The van der Waals surface area contributed by atoms with E-state index in [0.717, 1.165) is 31.2 Å². The number of hydrogen-bond acceptors (Lipinski definition) is 4. The van der Waals surface area contributed by atoms with Crippen LogP contribution >= 0.6 is 0 Å².